The summed E-state index contributed by atoms with van der Waals surface area (Å²) in [6.45, 7) is 5.74. The number of aryl methyl sites for hydroxylation is 1. The van der Waals surface area contributed by atoms with Crippen molar-refractivity contribution in [2.45, 2.75) is 32.6 Å². The van der Waals surface area contributed by atoms with E-state index in [-0.39, 0.29) is 35.0 Å². The Kier molecular flexibility index (Phi) is 13.2. The number of benzene rings is 4. The Morgan fingerprint density at radius 1 is 0.490 bits per heavy atom. The van der Waals surface area contributed by atoms with E-state index in [1.54, 1.807) is 12.1 Å². The van der Waals surface area contributed by atoms with Crippen LogP contribution >= 0.6 is 0 Å². The van der Waals surface area contributed by atoms with Gasteiger partial charge in [-0.05, 0) is 118 Å². The van der Waals surface area contributed by atoms with Crippen molar-refractivity contribution in [3.8, 4) is 23.0 Å². The largest absolute Gasteiger partial charge is 0.513 e. The second kappa shape index (κ2) is 18.2. The van der Waals surface area contributed by atoms with Gasteiger partial charge in [0.05, 0.1) is 29.9 Å². The molecule has 0 N–H and O–H groups in total. The van der Waals surface area contributed by atoms with E-state index in [1.807, 2.05) is 19.1 Å². The number of ether oxygens (including phenoxy) is 6. The van der Waals surface area contributed by atoms with Crippen molar-refractivity contribution in [1.29, 1.82) is 0 Å². The molecule has 11 heteroatoms. The van der Waals surface area contributed by atoms with Crippen LogP contribution in [0.1, 0.15) is 62.3 Å². The molecule has 0 radical (unpaired) electrons. The van der Waals surface area contributed by atoms with Crippen molar-refractivity contribution in [3.05, 3.63) is 132 Å². The Hall–Kier alpha value is -6.23. The molecule has 0 aliphatic heterocycles. The van der Waals surface area contributed by atoms with E-state index < -0.39 is 30.0 Å². The van der Waals surface area contributed by atoms with Crippen molar-refractivity contribution >= 4 is 30.0 Å². The van der Waals surface area contributed by atoms with Crippen LogP contribution in [0.15, 0.2) is 110 Å². The fourth-order valence-corrected chi connectivity index (χ4v) is 4.15. The van der Waals surface area contributed by atoms with Gasteiger partial charge < -0.3 is 28.4 Å². The van der Waals surface area contributed by atoms with E-state index in [0.717, 1.165) is 24.5 Å². The van der Waals surface area contributed by atoms with Gasteiger partial charge in [-0.3, -0.25) is 0 Å². The van der Waals surface area contributed by atoms with E-state index in [2.05, 4.69) is 6.58 Å². The zero-order valence-electron chi connectivity index (χ0n) is 26.8. The molecule has 0 bridgehead atoms. The van der Waals surface area contributed by atoms with Gasteiger partial charge in [0.25, 0.3) is 0 Å². The van der Waals surface area contributed by atoms with Crippen molar-refractivity contribution in [3.63, 3.8) is 0 Å². The highest BCUT2D eigenvalue weighted by molar-refractivity contribution is 5.93. The first kappa shape index (κ1) is 35.6. The quantitative estimate of drug-likeness (QED) is 0.0410. The van der Waals surface area contributed by atoms with Gasteiger partial charge in [0.15, 0.2) is 0 Å². The Bertz CT molecular complexity index is 1740. The molecule has 0 aliphatic rings. The fraction of sp³-hybridized carbons (Fsp3) is 0.184. The molecule has 4 aromatic carbocycles. The molecule has 4 rings (SSSR count). The Labute approximate surface area is 283 Å². The summed E-state index contributed by atoms with van der Waals surface area (Å²) in [7, 11) is 0. The first-order valence-electron chi connectivity index (χ1n) is 15.4. The maximum absolute atomic E-state index is 12.6. The summed E-state index contributed by atoms with van der Waals surface area (Å²) >= 11 is 0. The number of carbonyl (C=O) groups is 5. The minimum absolute atomic E-state index is 0.174. The molecule has 0 unspecified atom stereocenters. The third-order valence-electron chi connectivity index (χ3n) is 6.79. The third kappa shape index (κ3) is 11.8. The predicted octanol–water partition coefficient (Wildman–Crippen LogP) is 7.46. The Morgan fingerprint density at radius 2 is 0.837 bits per heavy atom. The minimum atomic E-state index is -0.870. The van der Waals surface area contributed by atoms with Gasteiger partial charge in [0, 0.05) is 6.08 Å². The number of esters is 4. The summed E-state index contributed by atoms with van der Waals surface area (Å²) in [5.74, 6) is -1.33. The molecule has 0 aromatic heterocycles. The average molecular weight is 667 g/mol. The van der Waals surface area contributed by atoms with Gasteiger partial charge in [0.1, 0.15) is 23.0 Å². The zero-order chi connectivity index (χ0) is 35.0. The Morgan fingerprint density at radius 3 is 1.24 bits per heavy atom. The van der Waals surface area contributed by atoms with Crippen LogP contribution in [0.3, 0.4) is 0 Å². The number of carbonyl (C=O) groups excluding carboxylic acids is 5. The van der Waals surface area contributed by atoms with Gasteiger partial charge in [-0.1, -0.05) is 24.3 Å². The standard InChI is InChI=1S/C38H34O11/c1-3-34(39)44-24-6-4-5-7-25-45-38(43)49-33-18-14-29(15-19-33)36(41)46-30-16-12-28(13-17-30)37(42)48-32-22-20-31(21-23-32)47-35(40)27-10-8-26(2)9-11-27/h3,8-23H,1,4-7,24-25H2,2H3. The fourth-order valence-electron chi connectivity index (χ4n) is 4.15. The molecule has 0 amide bonds. The summed E-state index contributed by atoms with van der Waals surface area (Å²) in [4.78, 5) is 60.5. The van der Waals surface area contributed by atoms with Crippen LogP contribution < -0.4 is 18.9 Å². The molecular formula is C38H34O11. The lowest BCUT2D eigenvalue weighted by Gasteiger charge is -2.08. The molecule has 0 fully saturated rings. The molecular weight excluding hydrogens is 632 g/mol. The van der Waals surface area contributed by atoms with Crippen molar-refractivity contribution < 1.29 is 52.4 Å². The lowest BCUT2D eigenvalue weighted by molar-refractivity contribution is -0.137. The SMILES string of the molecule is C=CC(=O)OCCCCCCOC(=O)Oc1ccc(C(=O)Oc2ccc(C(=O)Oc3ccc(OC(=O)c4ccc(C)cc4)cc3)cc2)cc1. The first-order chi connectivity index (χ1) is 23.7. The molecule has 252 valence electrons. The van der Waals surface area contributed by atoms with E-state index in [4.69, 9.17) is 28.4 Å². The van der Waals surface area contributed by atoms with E-state index >= 15 is 0 Å². The highest BCUT2D eigenvalue weighted by Crippen LogP contribution is 2.22. The second-order valence-corrected chi connectivity index (χ2v) is 10.5. The first-order valence-corrected chi connectivity index (χ1v) is 15.4. The molecule has 0 saturated carbocycles. The molecule has 0 spiro atoms. The summed E-state index contributed by atoms with van der Waals surface area (Å²) in [5, 5.41) is 0. The van der Waals surface area contributed by atoms with E-state index in [9.17, 15) is 24.0 Å². The lowest BCUT2D eigenvalue weighted by atomic mass is 10.1. The average Bonchev–Trinajstić information content (AvgIpc) is 3.11. The van der Waals surface area contributed by atoms with Crippen LogP contribution in [0, 0.1) is 6.92 Å². The number of hydrogen-bond donors (Lipinski definition) is 0. The van der Waals surface area contributed by atoms with Gasteiger partial charge >= 0.3 is 30.0 Å². The molecule has 4 aromatic rings. The van der Waals surface area contributed by atoms with Crippen LogP contribution in [0.2, 0.25) is 0 Å². The van der Waals surface area contributed by atoms with Crippen molar-refractivity contribution in [2.75, 3.05) is 13.2 Å². The second-order valence-electron chi connectivity index (χ2n) is 10.5. The summed E-state index contributed by atoms with van der Waals surface area (Å²) in [5.41, 5.74) is 1.87. The van der Waals surface area contributed by atoms with Crippen LogP contribution in [0.25, 0.3) is 0 Å². The van der Waals surface area contributed by atoms with E-state index in [0.29, 0.717) is 30.8 Å². The number of hydrogen-bond acceptors (Lipinski definition) is 11. The summed E-state index contributed by atoms with van der Waals surface area (Å²) in [6, 6.07) is 24.6. The molecule has 11 nitrogen and oxygen atoms in total. The third-order valence-corrected chi connectivity index (χ3v) is 6.79. The molecule has 49 heavy (non-hydrogen) atoms. The lowest BCUT2D eigenvalue weighted by Crippen LogP contribution is -2.12. The number of unbranched alkanes of at least 4 members (excludes halogenated alkanes) is 3. The van der Waals surface area contributed by atoms with Crippen molar-refractivity contribution in [2.24, 2.45) is 0 Å². The topological polar surface area (TPSA) is 141 Å². The maximum Gasteiger partial charge on any atom is 0.513 e. The normalized spacial score (nSPS) is 10.3. The molecule has 0 saturated heterocycles. The van der Waals surface area contributed by atoms with E-state index in [1.165, 1.54) is 72.8 Å². The van der Waals surface area contributed by atoms with Crippen LogP contribution in [-0.4, -0.2) is 43.2 Å². The van der Waals surface area contributed by atoms with Crippen LogP contribution in [0.4, 0.5) is 4.79 Å². The van der Waals surface area contributed by atoms with Crippen LogP contribution in [0.5, 0.6) is 23.0 Å². The molecule has 0 atom stereocenters. The highest BCUT2D eigenvalue weighted by Gasteiger charge is 2.14. The van der Waals surface area contributed by atoms with Crippen molar-refractivity contribution in [1.82, 2.24) is 0 Å². The summed E-state index contributed by atoms with van der Waals surface area (Å²) < 4.78 is 31.2. The van der Waals surface area contributed by atoms with Gasteiger partial charge in [-0.15, -0.1) is 0 Å². The highest BCUT2D eigenvalue weighted by atomic mass is 16.7. The van der Waals surface area contributed by atoms with Gasteiger partial charge in [-0.2, -0.15) is 0 Å². The minimum Gasteiger partial charge on any atom is -0.463 e. The Balaban J connectivity index is 1.16. The zero-order valence-corrected chi connectivity index (χ0v) is 26.8. The summed E-state index contributed by atoms with van der Waals surface area (Å²) in [6.07, 6.45) is 3.17. The van der Waals surface area contributed by atoms with Crippen LogP contribution in [-0.2, 0) is 14.3 Å². The molecule has 0 aliphatic carbocycles. The molecule has 0 heterocycles. The number of rotatable bonds is 15. The predicted molar refractivity (Wildman–Crippen MR) is 177 cm³/mol. The smallest absolute Gasteiger partial charge is 0.463 e. The monoisotopic (exact) mass is 666 g/mol. The van der Waals surface area contributed by atoms with Gasteiger partial charge in [-0.25, -0.2) is 24.0 Å². The van der Waals surface area contributed by atoms with Gasteiger partial charge in [0.2, 0.25) is 0 Å². The maximum atomic E-state index is 12.6.